The molecule has 11 nitrogen and oxygen atoms in total. The number of benzene rings is 3. The molecular formula is C26H29NO10S2. The maximum atomic E-state index is 13.0. The van der Waals surface area contributed by atoms with Crippen molar-refractivity contribution in [3.05, 3.63) is 76.9 Å². The van der Waals surface area contributed by atoms with E-state index in [0.29, 0.717) is 18.0 Å². The molecule has 2 aliphatic heterocycles. The standard InChI is InChI=1S/C26H27NO6S.H2O4S/c1-30-23-10-9-17-13-22-20-15-25(32-3)24(31-2)14-18(20)11-12-27(22)16-21(17)26(23)33-34(28,29)19-7-5-4-6-8-19;1-5(2,3)4/h4-10,14-15,22H,11-13,16H2,1-3H3;(H2,1,2,3,4). The summed E-state index contributed by atoms with van der Waals surface area (Å²) in [5.41, 5.74) is 4.35. The lowest BCUT2D eigenvalue weighted by molar-refractivity contribution is 0.158. The van der Waals surface area contributed by atoms with E-state index in [9.17, 15) is 8.42 Å². The lowest BCUT2D eigenvalue weighted by Crippen LogP contribution is -2.39. The Morgan fingerprint density at radius 1 is 0.821 bits per heavy atom. The van der Waals surface area contributed by atoms with Crippen LogP contribution in [0.25, 0.3) is 0 Å². The van der Waals surface area contributed by atoms with E-state index in [2.05, 4.69) is 17.0 Å². The largest absolute Gasteiger partial charge is 0.493 e. The summed E-state index contributed by atoms with van der Waals surface area (Å²) in [6.45, 7) is 1.40. The first kappa shape index (κ1) is 28.6. The molecule has 1 atom stereocenters. The van der Waals surface area contributed by atoms with Crippen LogP contribution < -0.4 is 18.4 Å². The van der Waals surface area contributed by atoms with Gasteiger partial charge < -0.3 is 18.4 Å². The van der Waals surface area contributed by atoms with E-state index in [4.69, 9.17) is 35.9 Å². The average Bonchev–Trinajstić information content (AvgIpc) is 2.91. The molecule has 0 radical (unpaired) electrons. The molecule has 2 aliphatic rings. The first-order valence-corrected chi connectivity index (χ1v) is 14.6. The molecule has 2 N–H and O–H groups in total. The highest BCUT2D eigenvalue weighted by Gasteiger charge is 2.36. The van der Waals surface area contributed by atoms with Gasteiger partial charge in [-0.1, -0.05) is 24.3 Å². The van der Waals surface area contributed by atoms with Crippen LogP contribution in [0.1, 0.15) is 28.3 Å². The average molecular weight is 580 g/mol. The van der Waals surface area contributed by atoms with Crippen molar-refractivity contribution in [3.8, 4) is 23.0 Å². The van der Waals surface area contributed by atoms with Gasteiger partial charge in [0.15, 0.2) is 23.0 Å². The Balaban J connectivity index is 0.000000648. The summed E-state index contributed by atoms with van der Waals surface area (Å²) in [5, 5.41) is 0. The monoisotopic (exact) mass is 579 g/mol. The van der Waals surface area contributed by atoms with E-state index in [1.165, 1.54) is 30.4 Å². The molecule has 0 aromatic heterocycles. The molecule has 2 heterocycles. The van der Waals surface area contributed by atoms with Crippen LogP contribution in [0.4, 0.5) is 0 Å². The first-order valence-electron chi connectivity index (χ1n) is 11.8. The van der Waals surface area contributed by atoms with Gasteiger partial charge in [-0.3, -0.25) is 14.0 Å². The zero-order valence-corrected chi connectivity index (χ0v) is 23.2. The van der Waals surface area contributed by atoms with Gasteiger partial charge in [0.25, 0.3) is 0 Å². The van der Waals surface area contributed by atoms with Crippen LogP contribution in [-0.4, -0.2) is 58.7 Å². The van der Waals surface area contributed by atoms with Gasteiger partial charge in [0, 0.05) is 24.7 Å². The minimum absolute atomic E-state index is 0.108. The van der Waals surface area contributed by atoms with Crippen molar-refractivity contribution in [2.45, 2.75) is 30.3 Å². The van der Waals surface area contributed by atoms with E-state index < -0.39 is 20.5 Å². The van der Waals surface area contributed by atoms with Gasteiger partial charge in [-0.2, -0.15) is 16.8 Å². The second-order valence-electron chi connectivity index (χ2n) is 8.88. The molecular weight excluding hydrogens is 550 g/mol. The van der Waals surface area contributed by atoms with Crippen LogP contribution >= 0.6 is 0 Å². The van der Waals surface area contributed by atoms with Crippen LogP contribution in [0.5, 0.6) is 23.0 Å². The molecule has 3 aromatic rings. The maximum Gasteiger partial charge on any atom is 0.394 e. The number of fused-ring (bicyclic) bond motifs is 4. The molecule has 210 valence electrons. The summed E-state index contributed by atoms with van der Waals surface area (Å²) in [6.07, 6.45) is 1.59. The molecule has 0 aliphatic carbocycles. The van der Waals surface area contributed by atoms with Crippen LogP contribution in [0.2, 0.25) is 0 Å². The van der Waals surface area contributed by atoms with Gasteiger partial charge >= 0.3 is 20.5 Å². The Morgan fingerprint density at radius 2 is 1.44 bits per heavy atom. The Morgan fingerprint density at radius 3 is 2.05 bits per heavy atom. The molecule has 0 bridgehead atoms. The third-order valence-electron chi connectivity index (χ3n) is 6.65. The molecule has 1 unspecified atom stereocenters. The Labute approximate surface area is 227 Å². The van der Waals surface area contributed by atoms with Gasteiger partial charge in [0.2, 0.25) is 0 Å². The van der Waals surface area contributed by atoms with Crippen molar-refractivity contribution in [2.24, 2.45) is 0 Å². The molecule has 5 rings (SSSR count). The summed E-state index contributed by atoms with van der Waals surface area (Å²) in [5.74, 6) is 2.11. The quantitative estimate of drug-likeness (QED) is 0.326. The predicted octanol–water partition coefficient (Wildman–Crippen LogP) is 3.48. The fourth-order valence-electron chi connectivity index (χ4n) is 4.93. The van der Waals surface area contributed by atoms with E-state index in [1.54, 1.807) is 38.5 Å². The molecule has 39 heavy (non-hydrogen) atoms. The van der Waals surface area contributed by atoms with E-state index in [1.807, 2.05) is 6.07 Å². The third kappa shape index (κ3) is 6.45. The van der Waals surface area contributed by atoms with Crippen molar-refractivity contribution in [1.82, 2.24) is 4.90 Å². The van der Waals surface area contributed by atoms with E-state index >= 15 is 0 Å². The fraction of sp³-hybridized carbons (Fsp3) is 0.308. The van der Waals surface area contributed by atoms with Gasteiger partial charge in [0.05, 0.1) is 21.3 Å². The highest BCUT2D eigenvalue weighted by atomic mass is 32.3. The zero-order valence-electron chi connectivity index (χ0n) is 21.5. The molecule has 3 aromatic carbocycles. The second-order valence-corrected chi connectivity index (χ2v) is 11.3. The van der Waals surface area contributed by atoms with Gasteiger partial charge in [-0.15, -0.1) is 0 Å². The van der Waals surface area contributed by atoms with E-state index in [0.717, 1.165) is 36.3 Å². The lowest BCUT2D eigenvalue weighted by atomic mass is 9.83. The molecule has 0 saturated heterocycles. The summed E-state index contributed by atoms with van der Waals surface area (Å²) in [4.78, 5) is 2.47. The van der Waals surface area contributed by atoms with Gasteiger partial charge in [-0.25, -0.2) is 0 Å². The highest BCUT2D eigenvalue weighted by molar-refractivity contribution is 7.87. The van der Waals surface area contributed by atoms with Crippen molar-refractivity contribution < 1.29 is 44.3 Å². The van der Waals surface area contributed by atoms with Crippen molar-refractivity contribution in [3.63, 3.8) is 0 Å². The molecule has 13 heteroatoms. The molecule has 0 spiro atoms. The van der Waals surface area contributed by atoms with Crippen LogP contribution in [0.3, 0.4) is 0 Å². The number of hydrogen-bond acceptors (Lipinski definition) is 9. The first-order chi connectivity index (χ1) is 18.4. The van der Waals surface area contributed by atoms with E-state index in [-0.39, 0.29) is 16.7 Å². The molecule has 0 saturated carbocycles. The highest BCUT2D eigenvalue weighted by Crippen LogP contribution is 2.46. The number of methoxy groups -OCH3 is 3. The number of ether oxygens (including phenoxy) is 3. The number of nitrogens with zero attached hydrogens (tertiary/aromatic N) is 1. The SMILES string of the molecule is COc1cc2c(cc1OC)C1Cc3ccc(OC)c(OS(=O)(=O)c4ccccc4)c3CN1CC2.O=S(=O)(O)O. The van der Waals surface area contributed by atoms with Gasteiger partial charge in [-0.05, 0) is 59.9 Å². The summed E-state index contributed by atoms with van der Waals surface area (Å²) in [6, 6.07) is 16.2. The maximum absolute atomic E-state index is 13.0. The summed E-state index contributed by atoms with van der Waals surface area (Å²) < 4.78 is 79.9. The Hall–Kier alpha value is -3.36. The van der Waals surface area contributed by atoms with Crippen LogP contribution in [0.15, 0.2) is 59.5 Å². The lowest BCUT2D eigenvalue weighted by Gasteiger charge is -2.42. The summed E-state index contributed by atoms with van der Waals surface area (Å²) in [7, 11) is -3.86. The van der Waals surface area contributed by atoms with Crippen molar-refractivity contribution in [2.75, 3.05) is 27.9 Å². The molecule has 0 amide bonds. The normalized spacial score (nSPS) is 16.5. The van der Waals surface area contributed by atoms with Crippen molar-refractivity contribution in [1.29, 1.82) is 0 Å². The number of hydrogen-bond donors (Lipinski definition) is 2. The van der Waals surface area contributed by atoms with Crippen LogP contribution in [-0.2, 0) is 39.9 Å². The second kappa shape index (κ2) is 11.4. The van der Waals surface area contributed by atoms with Crippen LogP contribution in [0, 0.1) is 0 Å². The Kier molecular flexibility index (Phi) is 8.37. The third-order valence-corrected chi connectivity index (χ3v) is 7.89. The smallest absolute Gasteiger partial charge is 0.394 e. The Bertz CT molecular complexity index is 1550. The number of rotatable bonds is 6. The topological polar surface area (TPSA) is 149 Å². The minimum atomic E-state index is -4.67. The minimum Gasteiger partial charge on any atom is -0.493 e. The zero-order chi connectivity index (χ0) is 28.4. The fourth-order valence-corrected chi connectivity index (χ4v) is 5.92. The van der Waals surface area contributed by atoms with Gasteiger partial charge in [0.1, 0.15) is 4.90 Å². The molecule has 0 fully saturated rings. The predicted molar refractivity (Wildman–Crippen MR) is 142 cm³/mol. The van der Waals surface area contributed by atoms with Crippen molar-refractivity contribution >= 4 is 20.5 Å². The summed E-state index contributed by atoms with van der Waals surface area (Å²) >= 11 is 0.